The molecule has 3 aromatic rings. The minimum Gasteiger partial charge on any atom is -0.311 e. The number of pyridine rings is 1. The lowest BCUT2D eigenvalue weighted by Crippen LogP contribution is -2.55. The summed E-state index contributed by atoms with van der Waals surface area (Å²) >= 11 is 0. The fourth-order valence-electron chi connectivity index (χ4n) is 4.75. The summed E-state index contributed by atoms with van der Waals surface area (Å²) in [6, 6.07) is 14.3. The number of anilines is 1. The molecule has 0 N–H and O–H groups in total. The lowest BCUT2D eigenvalue weighted by molar-refractivity contribution is -0.124. The SMILES string of the molecule is CC(C(=O)N1CCCc2ccccc21)N1CCN(Cc2cn3ccccc3n2)CC1. The Morgan fingerprint density at radius 2 is 1.83 bits per heavy atom. The highest BCUT2D eigenvalue weighted by atomic mass is 16.2. The molecule has 1 saturated heterocycles. The fraction of sp³-hybridized carbons (Fsp3) is 0.417. The van der Waals surface area contributed by atoms with E-state index in [1.54, 1.807) is 0 Å². The van der Waals surface area contributed by atoms with Gasteiger partial charge in [-0.15, -0.1) is 0 Å². The molecule has 1 unspecified atom stereocenters. The van der Waals surface area contributed by atoms with E-state index in [4.69, 9.17) is 4.98 Å². The summed E-state index contributed by atoms with van der Waals surface area (Å²) in [5.41, 5.74) is 4.49. The quantitative estimate of drug-likeness (QED) is 0.672. The number of carbonyl (C=O) groups excluding carboxylic acids is 1. The fourth-order valence-corrected chi connectivity index (χ4v) is 4.75. The van der Waals surface area contributed by atoms with Gasteiger partial charge in [0.15, 0.2) is 0 Å². The average Bonchev–Trinajstić information content (AvgIpc) is 3.20. The number of aromatic nitrogens is 2. The third-order valence-corrected chi connectivity index (χ3v) is 6.49. The number of amides is 1. The highest BCUT2D eigenvalue weighted by Crippen LogP contribution is 2.28. The van der Waals surface area contributed by atoms with Gasteiger partial charge in [-0.25, -0.2) is 4.98 Å². The van der Waals surface area contributed by atoms with Crippen LogP contribution in [0.4, 0.5) is 5.69 Å². The van der Waals surface area contributed by atoms with Crippen LogP contribution in [0.2, 0.25) is 0 Å². The average molecular weight is 404 g/mol. The van der Waals surface area contributed by atoms with Crippen molar-refractivity contribution in [3.05, 3.63) is 66.1 Å². The maximum absolute atomic E-state index is 13.3. The standard InChI is InChI=1S/C24H29N5O/c1-19(24(30)29-12-6-8-20-7-2-3-9-22(20)29)27-15-13-26(14-16-27)17-21-18-28-11-5-4-10-23(28)25-21/h2-5,7,9-11,18-19H,6,8,12-17H2,1H3. The van der Waals surface area contributed by atoms with E-state index in [9.17, 15) is 4.79 Å². The second-order valence-corrected chi connectivity index (χ2v) is 8.41. The van der Waals surface area contributed by atoms with Crippen molar-refractivity contribution in [2.45, 2.75) is 32.4 Å². The maximum Gasteiger partial charge on any atom is 0.244 e. The van der Waals surface area contributed by atoms with Gasteiger partial charge in [-0.1, -0.05) is 24.3 Å². The highest BCUT2D eigenvalue weighted by molar-refractivity contribution is 5.98. The van der Waals surface area contributed by atoms with Crippen molar-refractivity contribution < 1.29 is 4.79 Å². The maximum atomic E-state index is 13.3. The Bertz CT molecular complexity index is 1000. The summed E-state index contributed by atoms with van der Waals surface area (Å²) in [4.78, 5) is 24.8. The summed E-state index contributed by atoms with van der Waals surface area (Å²) in [7, 11) is 0. The van der Waals surface area contributed by atoms with E-state index < -0.39 is 0 Å². The number of nitrogens with zero attached hydrogens (tertiary/aromatic N) is 5. The van der Waals surface area contributed by atoms with Crippen LogP contribution < -0.4 is 4.90 Å². The second-order valence-electron chi connectivity index (χ2n) is 8.41. The van der Waals surface area contributed by atoms with Crippen LogP contribution in [-0.2, 0) is 17.8 Å². The second kappa shape index (κ2) is 8.20. The molecule has 5 rings (SSSR count). The molecule has 2 aliphatic heterocycles. The molecule has 2 aliphatic rings. The van der Waals surface area contributed by atoms with Crippen molar-refractivity contribution in [2.75, 3.05) is 37.6 Å². The number of hydrogen-bond acceptors (Lipinski definition) is 4. The molecular formula is C24H29N5O. The van der Waals surface area contributed by atoms with Gasteiger partial charge in [0.2, 0.25) is 5.91 Å². The van der Waals surface area contributed by atoms with E-state index >= 15 is 0 Å². The number of imidazole rings is 1. The minimum absolute atomic E-state index is 0.0894. The lowest BCUT2D eigenvalue weighted by atomic mass is 10.0. The monoisotopic (exact) mass is 403 g/mol. The van der Waals surface area contributed by atoms with Gasteiger partial charge in [-0.2, -0.15) is 0 Å². The lowest BCUT2D eigenvalue weighted by Gasteiger charge is -2.39. The van der Waals surface area contributed by atoms with Crippen molar-refractivity contribution in [1.29, 1.82) is 0 Å². The van der Waals surface area contributed by atoms with Gasteiger partial charge in [-0.3, -0.25) is 14.6 Å². The van der Waals surface area contributed by atoms with E-state index in [0.717, 1.165) is 69.1 Å². The van der Waals surface area contributed by atoms with E-state index in [2.05, 4.69) is 45.5 Å². The van der Waals surface area contributed by atoms with Gasteiger partial charge in [0.05, 0.1) is 11.7 Å². The molecule has 0 spiro atoms. The van der Waals surface area contributed by atoms with Crippen LogP contribution in [0.1, 0.15) is 24.6 Å². The van der Waals surface area contributed by atoms with E-state index in [-0.39, 0.29) is 11.9 Å². The van der Waals surface area contributed by atoms with Crippen molar-refractivity contribution in [3.63, 3.8) is 0 Å². The van der Waals surface area contributed by atoms with Crippen molar-refractivity contribution in [2.24, 2.45) is 0 Å². The molecule has 1 fully saturated rings. The zero-order valence-electron chi connectivity index (χ0n) is 17.6. The van der Waals surface area contributed by atoms with Gasteiger partial charge in [0.25, 0.3) is 0 Å². The van der Waals surface area contributed by atoms with Crippen LogP contribution in [0.15, 0.2) is 54.9 Å². The van der Waals surface area contributed by atoms with Crippen LogP contribution in [0.3, 0.4) is 0 Å². The van der Waals surface area contributed by atoms with Gasteiger partial charge < -0.3 is 9.30 Å². The topological polar surface area (TPSA) is 44.1 Å². The first-order chi connectivity index (χ1) is 14.7. The highest BCUT2D eigenvalue weighted by Gasteiger charge is 2.31. The molecule has 0 bridgehead atoms. The summed E-state index contributed by atoms with van der Waals surface area (Å²) < 4.78 is 2.07. The molecule has 2 aromatic heterocycles. The number of carbonyl (C=O) groups is 1. The number of benzene rings is 1. The number of aryl methyl sites for hydroxylation is 1. The molecule has 1 aromatic carbocycles. The molecule has 1 amide bonds. The zero-order chi connectivity index (χ0) is 20.5. The third-order valence-electron chi connectivity index (χ3n) is 6.49. The van der Waals surface area contributed by atoms with Gasteiger partial charge in [0.1, 0.15) is 5.65 Å². The Morgan fingerprint density at radius 3 is 2.67 bits per heavy atom. The molecule has 0 aliphatic carbocycles. The molecule has 6 nitrogen and oxygen atoms in total. The Kier molecular flexibility index (Phi) is 5.27. The van der Waals surface area contributed by atoms with E-state index in [0.29, 0.717) is 0 Å². The van der Waals surface area contributed by atoms with E-state index in [1.807, 2.05) is 35.4 Å². The number of piperazine rings is 1. The Balaban J connectivity index is 1.20. The number of fused-ring (bicyclic) bond motifs is 2. The molecule has 0 radical (unpaired) electrons. The predicted molar refractivity (Wildman–Crippen MR) is 119 cm³/mol. The Morgan fingerprint density at radius 1 is 1.03 bits per heavy atom. The molecule has 6 heteroatoms. The molecule has 1 atom stereocenters. The molecule has 30 heavy (non-hydrogen) atoms. The van der Waals surface area contributed by atoms with Crippen LogP contribution in [0, 0.1) is 0 Å². The molecular weight excluding hydrogens is 374 g/mol. The summed E-state index contributed by atoms with van der Waals surface area (Å²) in [5, 5.41) is 0. The van der Waals surface area contributed by atoms with E-state index in [1.165, 1.54) is 5.56 Å². The number of hydrogen-bond donors (Lipinski definition) is 0. The Labute approximate surface area is 177 Å². The first kappa shape index (κ1) is 19.3. The van der Waals surface area contributed by atoms with Gasteiger partial charge >= 0.3 is 0 Å². The first-order valence-electron chi connectivity index (χ1n) is 11.0. The van der Waals surface area contributed by atoms with Crippen LogP contribution in [0.25, 0.3) is 5.65 Å². The van der Waals surface area contributed by atoms with Crippen LogP contribution >= 0.6 is 0 Å². The summed E-state index contributed by atoms with van der Waals surface area (Å²) in [6.45, 7) is 7.50. The Hall–Kier alpha value is -2.70. The van der Waals surface area contributed by atoms with Gasteiger partial charge in [0, 0.05) is 57.3 Å². The van der Waals surface area contributed by atoms with Gasteiger partial charge in [-0.05, 0) is 43.5 Å². The largest absolute Gasteiger partial charge is 0.311 e. The third kappa shape index (κ3) is 3.73. The molecule has 0 saturated carbocycles. The minimum atomic E-state index is -0.0894. The molecule has 156 valence electrons. The van der Waals surface area contributed by atoms with Crippen LogP contribution in [0.5, 0.6) is 0 Å². The van der Waals surface area contributed by atoms with Crippen molar-refractivity contribution in [1.82, 2.24) is 19.2 Å². The smallest absolute Gasteiger partial charge is 0.244 e. The molecule has 4 heterocycles. The number of rotatable bonds is 4. The van der Waals surface area contributed by atoms with Crippen molar-refractivity contribution >= 4 is 17.2 Å². The van der Waals surface area contributed by atoms with Crippen LogP contribution in [-0.4, -0.2) is 63.9 Å². The predicted octanol–water partition coefficient (Wildman–Crippen LogP) is 2.82. The van der Waals surface area contributed by atoms with Crippen molar-refractivity contribution in [3.8, 4) is 0 Å². The zero-order valence-corrected chi connectivity index (χ0v) is 17.6. The summed E-state index contributed by atoms with van der Waals surface area (Å²) in [6.07, 6.45) is 6.26. The summed E-state index contributed by atoms with van der Waals surface area (Å²) in [5.74, 6) is 0.232. The number of para-hydroxylation sites is 1. The first-order valence-corrected chi connectivity index (χ1v) is 11.0. The normalized spacial score (nSPS) is 19.0.